The molecule has 0 spiro atoms. The van der Waals surface area contributed by atoms with Gasteiger partial charge in [0.2, 0.25) is 0 Å². The van der Waals surface area contributed by atoms with Gasteiger partial charge in [0.25, 0.3) is 10.0 Å². The fourth-order valence-electron chi connectivity index (χ4n) is 1.38. The minimum absolute atomic E-state index is 0.212. The van der Waals surface area contributed by atoms with Gasteiger partial charge in [-0.05, 0) is 48.6 Å². The van der Waals surface area contributed by atoms with E-state index in [9.17, 15) is 8.42 Å². The minimum atomic E-state index is -3.59. The zero-order chi connectivity index (χ0) is 12.6. The third-order valence-electron chi connectivity index (χ3n) is 2.43. The van der Waals surface area contributed by atoms with Crippen molar-refractivity contribution in [3.8, 4) is 0 Å². The maximum absolute atomic E-state index is 12.2. The van der Waals surface area contributed by atoms with E-state index < -0.39 is 10.0 Å². The van der Waals surface area contributed by atoms with Crippen LogP contribution in [0.4, 0.5) is 0 Å². The van der Waals surface area contributed by atoms with Crippen molar-refractivity contribution in [2.45, 2.75) is 24.8 Å². The Labute approximate surface area is 114 Å². The van der Waals surface area contributed by atoms with E-state index in [4.69, 9.17) is 4.84 Å². The lowest BCUT2D eigenvalue weighted by atomic mass is 10.2. The van der Waals surface area contributed by atoms with Crippen LogP contribution < -0.4 is 0 Å². The highest BCUT2D eigenvalue weighted by atomic mass is 127. The molecule has 6 heteroatoms. The third kappa shape index (κ3) is 2.48. The normalized spacial score (nSPS) is 20.5. The Morgan fingerprint density at radius 3 is 2.35 bits per heavy atom. The van der Waals surface area contributed by atoms with Gasteiger partial charge in [0, 0.05) is 3.58 Å². The number of hydroxylamine groups is 1. The second kappa shape index (κ2) is 4.58. The number of halogens is 1. The summed E-state index contributed by atoms with van der Waals surface area (Å²) < 4.78 is 26.2. The van der Waals surface area contributed by atoms with Crippen LogP contribution in [0.2, 0.25) is 0 Å². The molecular weight excluding hydrogens is 353 g/mol. The van der Waals surface area contributed by atoms with Gasteiger partial charge in [-0.15, -0.1) is 4.47 Å². The summed E-state index contributed by atoms with van der Waals surface area (Å²) in [6.45, 7) is 3.72. The SMILES string of the molecule is Cc1ccc(S(=O)(=O)N2C=C(I)C(C)O2)cc1. The van der Waals surface area contributed by atoms with Crippen LogP contribution in [0.5, 0.6) is 0 Å². The molecule has 1 aromatic rings. The van der Waals surface area contributed by atoms with E-state index in [-0.39, 0.29) is 11.0 Å². The molecule has 0 N–H and O–H groups in total. The molecule has 1 aliphatic heterocycles. The molecule has 1 unspecified atom stereocenters. The van der Waals surface area contributed by atoms with Crippen molar-refractivity contribution in [2.75, 3.05) is 0 Å². The maximum atomic E-state index is 12.2. The lowest BCUT2D eigenvalue weighted by Gasteiger charge is -2.16. The van der Waals surface area contributed by atoms with E-state index in [1.54, 1.807) is 24.3 Å². The van der Waals surface area contributed by atoms with Crippen molar-refractivity contribution in [1.29, 1.82) is 0 Å². The molecule has 1 aromatic carbocycles. The molecular formula is C11H12INO3S. The standard InChI is InChI=1S/C11H12INO3S/c1-8-3-5-10(6-4-8)17(14,15)13-7-11(12)9(2)16-13/h3-7,9H,1-2H3. The fourth-order valence-corrected chi connectivity index (χ4v) is 3.12. The summed E-state index contributed by atoms with van der Waals surface area (Å²) in [6, 6.07) is 6.69. The van der Waals surface area contributed by atoms with E-state index in [0.29, 0.717) is 0 Å². The van der Waals surface area contributed by atoms with Gasteiger partial charge < -0.3 is 0 Å². The lowest BCUT2D eigenvalue weighted by molar-refractivity contribution is -0.0535. The molecule has 0 bridgehead atoms. The fraction of sp³-hybridized carbons (Fsp3) is 0.273. The molecule has 1 atom stereocenters. The molecule has 0 saturated heterocycles. The van der Waals surface area contributed by atoms with Crippen LogP contribution in [-0.2, 0) is 14.9 Å². The molecule has 0 radical (unpaired) electrons. The van der Waals surface area contributed by atoms with E-state index in [1.807, 2.05) is 13.8 Å². The van der Waals surface area contributed by atoms with Crippen LogP contribution in [-0.4, -0.2) is 19.0 Å². The van der Waals surface area contributed by atoms with Gasteiger partial charge in [-0.3, -0.25) is 4.84 Å². The summed E-state index contributed by atoms with van der Waals surface area (Å²) in [5.41, 5.74) is 1.02. The predicted molar refractivity (Wildman–Crippen MR) is 72.9 cm³/mol. The lowest BCUT2D eigenvalue weighted by Crippen LogP contribution is -2.25. The second-order valence-electron chi connectivity index (χ2n) is 3.84. The number of benzene rings is 1. The average molecular weight is 365 g/mol. The quantitative estimate of drug-likeness (QED) is 0.757. The van der Waals surface area contributed by atoms with Gasteiger partial charge in [-0.25, -0.2) is 0 Å². The molecule has 4 nitrogen and oxygen atoms in total. The van der Waals surface area contributed by atoms with Crippen LogP contribution in [0, 0.1) is 6.92 Å². The van der Waals surface area contributed by atoms with Gasteiger partial charge in [-0.1, -0.05) is 17.7 Å². The van der Waals surface area contributed by atoms with Crippen LogP contribution in [0.25, 0.3) is 0 Å². The molecule has 0 fully saturated rings. The summed E-state index contributed by atoms with van der Waals surface area (Å²) in [5, 5.41) is 0. The Bertz CT molecular complexity index is 551. The number of hydrogen-bond acceptors (Lipinski definition) is 3. The van der Waals surface area contributed by atoms with Crippen molar-refractivity contribution in [2.24, 2.45) is 0 Å². The van der Waals surface area contributed by atoms with Crippen molar-refractivity contribution in [3.63, 3.8) is 0 Å². The first-order valence-corrected chi connectivity index (χ1v) is 7.58. The first kappa shape index (κ1) is 12.8. The molecule has 1 aliphatic rings. The van der Waals surface area contributed by atoms with Crippen molar-refractivity contribution >= 4 is 32.6 Å². The first-order valence-electron chi connectivity index (χ1n) is 5.06. The summed E-state index contributed by atoms with van der Waals surface area (Å²) >= 11 is 2.07. The second-order valence-corrected chi connectivity index (χ2v) is 6.86. The molecule has 92 valence electrons. The number of aryl methyl sites for hydroxylation is 1. The van der Waals surface area contributed by atoms with Gasteiger partial charge in [-0.2, -0.15) is 8.42 Å². The van der Waals surface area contributed by atoms with Crippen molar-refractivity contribution in [1.82, 2.24) is 4.47 Å². The molecule has 0 amide bonds. The van der Waals surface area contributed by atoms with Crippen molar-refractivity contribution in [3.05, 3.63) is 39.6 Å². The van der Waals surface area contributed by atoms with Crippen LogP contribution in [0.15, 0.2) is 38.9 Å². The van der Waals surface area contributed by atoms with Gasteiger partial charge in [0.05, 0.1) is 11.1 Å². The molecule has 0 aromatic heterocycles. The number of nitrogens with zero attached hydrogens (tertiary/aromatic N) is 1. The Balaban J connectivity index is 2.35. The van der Waals surface area contributed by atoms with Crippen molar-refractivity contribution < 1.29 is 13.3 Å². The summed E-state index contributed by atoms with van der Waals surface area (Å²) in [7, 11) is -3.59. The number of hydrogen-bond donors (Lipinski definition) is 0. The monoisotopic (exact) mass is 365 g/mol. The van der Waals surface area contributed by atoms with E-state index >= 15 is 0 Å². The van der Waals surface area contributed by atoms with Crippen LogP contribution >= 0.6 is 22.6 Å². The highest BCUT2D eigenvalue weighted by molar-refractivity contribution is 14.1. The predicted octanol–water partition coefficient (Wildman–Crippen LogP) is 2.60. The van der Waals surface area contributed by atoms with E-state index in [0.717, 1.165) is 13.6 Å². The van der Waals surface area contributed by atoms with Gasteiger partial charge >= 0.3 is 0 Å². The summed E-state index contributed by atoms with van der Waals surface area (Å²) in [4.78, 5) is 5.50. The van der Waals surface area contributed by atoms with Crippen LogP contribution in [0.3, 0.4) is 0 Å². The molecule has 0 aliphatic carbocycles. The summed E-state index contributed by atoms with van der Waals surface area (Å²) in [5.74, 6) is 0. The molecule has 0 saturated carbocycles. The zero-order valence-electron chi connectivity index (χ0n) is 9.42. The Morgan fingerprint density at radius 1 is 1.29 bits per heavy atom. The third-order valence-corrected chi connectivity index (χ3v) is 5.12. The summed E-state index contributed by atoms with van der Waals surface area (Å²) in [6.07, 6.45) is 1.29. The topological polar surface area (TPSA) is 46.6 Å². The van der Waals surface area contributed by atoms with Gasteiger partial charge in [0.1, 0.15) is 6.10 Å². The number of rotatable bonds is 2. The first-order chi connectivity index (χ1) is 7.91. The van der Waals surface area contributed by atoms with E-state index in [2.05, 4.69) is 22.6 Å². The Morgan fingerprint density at radius 2 is 1.88 bits per heavy atom. The minimum Gasteiger partial charge on any atom is -0.251 e. The largest absolute Gasteiger partial charge is 0.286 e. The molecule has 17 heavy (non-hydrogen) atoms. The van der Waals surface area contributed by atoms with Gasteiger partial charge in [0.15, 0.2) is 0 Å². The van der Waals surface area contributed by atoms with Crippen LogP contribution in [0.1, 0.15) is 12.5 Å². The molecule has 2 rings (SSSR count). The highest BCUT2D eigenvalue weighted by Crippen LogP contribution is 2.29. The van der Waals surface area contributed by atoms with E-state index in [1.165, 1.54) is 6.20 Å². The smallest absolute Gasteiger partial charge is 0.251 e. The Kier molecular flexibility index (Phi) is 3.46. The molecule has 1 heterocycles. The Hall–Kier alpha value is -0.600. The average Bonchev–Trinajstić information content (AvgIpc) is 2.60. The zero-order valence-corrected chi connectivity index (χ0v) is 12.4. The highest BCUT2D eigenvalue weighted by Gasteiger charge is 2.30. The maximum Gasteiger partial charge on any atom is 0.286 e. The number of sulfonamides is 1.